The highest BCUT2D eigenvalue weighted by molar-refractivity contribution is 6.30. The Morgan fingerprint density at radius 1 is 0.969 bits per heavy atom. The Morgan fingerprint density at radius 2 is 1.75 bits per heavy atom. The summed E-state index contributed by atoms with van der Waals surface area (Å²) in [5.74, 6) is 1.66. The van der Waals surface area contributed by atoms with Crippen molar-refractivity contribution in [3.63, 3.8) is 0 Å². The van der Waals surface area contributed by atoms with Gasteiger partial charge in [0.1, 0.15) is 5.75 Å². The lowest BCUT2D eigenvalue weighted by Crippen LogP contribution is -2.44. The van der Waals surface area contributed by atoms with Crippen molar-refractivity contribution in [2.24, 2.45) is 0 Å². The van der Waals surface area contributed by atoms with Crippen molar-refractivity contribution in [3.8, 4) is 17.2 Å². The molecule has 1 aliphatic rings. The maximum absolute atomic E-state index is 6.19. The summed E-state index contributed by atoms with van der Waals surface area (Å²) in [5.41, 5.74) is 2.07. The zero-order valence-corrected chi connectivity index (χ0v) is 18.9. The van der Waals surface area contributed by atoms with Crippen LogP contribution < -0.4 is 9.64 Å². The molecule has 3 aromatic carbocycles. The van der Waals surface area contributed by atoms with Crippen molar-refractivity contribution in [2.75, 3.05) is 38.1 Å². The van der Waals surface area contributed by atoms with E-state index < -0.39 is 0 Å². The molecule has 0 amide bonds. The molecule has 1 saturated heterocycles. The van der Waals surface area contributed by atoms with Gasteiger partial charge in [-0.1, -0.05) is 29.8 Å². The highest BCUT2D eigenvalue weighted by Crippen LogP contribution is 2.32. The molecular formula is C25H25ClN4O2. The predicted molar refractivity (Wildman–Crippen MR) is 127 cm³/mol. The van der Waals surface area contributed by atoms with Gasteiger partial charge in [-0.2, -0.15) is 0 Å². The Bertz CT molecular complexity index is 1220. The molecule has 1 fully saturated rings. The van der Waals surface area contributed by atoms with E-state index in [9.17, 15) is 0 Å². The number of hydrogen-bond donors (Lipinski definition) is 0. The smallest absolute Gasteiger partial charge is 0.257 e. The topological polar surface area (TPSA) is 54.6 Å². The molecule has 1 unspecified atom stereocenters. The van der Waals surface area contributed by atoms with E-state index in [4.69, 9.17) is 20.8 Å². The van der Waals surface area contributed by atoms with E-state index in [2.05, 4.69) is 57.4 Å². The third-order valence-electron chi connectivity index (χ3n) is 5.87. The molecular weight excluding hydrogens is 424 g/mol. The molecule has 1 aromatic heterocycles. The molecule has 0 spiro atoms. The number of halogens is 1. The van der Waals surface area contributed by atoms with Crippen LogP contribution in [0.3, 0.4) is 0 Å². The Balaban J connectivity index is 1.37. The number of fused-ring (bicyclic) bond motifs is 1. The monoisotopic (exact) mass is 448 g/mol. The third-order valence-corrected chi connectivity index (χ3v) is 6.12. The number of hydrogen-bond acceptors (Lipinski definition) is 6. The second kappa shape index (κ2) is 8.81. The Morgan fingerprint density at radius 3 is 2.53 bits per heavy atom. The van der Waals surface area contributed by atoms with Crippen LogP contribution in [0.25, 0.3) is 22.2 Å². The first-order chi connectivity index (χ1) is 15.6. The minimum absolute atomic E-state index is 0.378. The van der Waals surface area contributed by atoms with E-state index in [1.54, 1.807) is 12.1 Å². The first-order valence-corrected chi connectivity index (χ1v) is 11.2. The van der Waals surface area contributed by atoms with Gasteiger partial charge < -0.3 is 19.0 Å². The van der Waals surface area contributed by atoms with Crippen LogP contribution in [0.2, 0.25) is 5.02 Å². The molecule has 0 radical (unpaired) electrons. The van der Waals surface area contributed by atoms with Crippen LogP contribution in [0.4, 0.5) is 5.69 Å². The van der Waals surface area contributed by atoms with E-state index in [0.717, 1.165) is 37.5 Å². The quantitative estimate of drug-likeness (QED) is 0.405. The molecule has 0 N–H and O–H groups in total. The minimum atomic E-state index is -0.378. The van der Waals surface area contributed by atoms with Gasteiger partial charge in [-0.05, 0) is 61.8 Å². The zero-order chi connectivity index (χ0) is 22.1. The van der Waals surface area contributed by atoms with Crippen molar-refractivity contribution in [1.29, 1.82) is 0 Å². The summed E-state index contributed by atoms with van der Waals surface area (Å²) >= 11 is 5.96. The number of likely N-dealkylation sites (N-methyl/N-ethyl adjacent to an activating group) is 1. The van der Waals surface area contributed by atoms with E-state index in [1.807, 2.05) is 25.1 Å². The van der Waals surface area contributed by atoms with Crippen LogP contribution in [-0.2, 0) is 0 Å². The van der Waals surface area contributed by atoms with E-state index in [1.165, 1.54) is 16.5 Å². The molecule has 0 aliphatic carbocycles. The fourth-order valence-corrected chi connectivity index (χ4v) is 4.12. The van der Waals surface area contributed by atoms with Crippen LogP contribution in [0.1, 0.15) is 18.9 Å². The maximum Gasteiger partial charge on any atom is 0.257 e. The number of piperazine rings is 1. The largest absolute Gasteiger partial charge is 0.481 e. The molecule has 32 heavy (non-hydrogen) atoms. The van der Waals surface area contributed by atoms with E-state index in [-0.39, 0.29) is 6.10 Å². The summed E-state index contributed by atoms with van der Waals surface area (Å²) in [5, 5.41) is 11.4. The highest BCUT2D eigenvalue weighted by Gasteiger charge is 2.19. The van der Waals surface area contributed by atoms with Crippen LogP contribution >= 0.6 is 11.6 Å². The lowest BCUT2D eigenvalue weighted by Gasteiger charge is -2.34. The van der Waals surface area contributed by atoms with E-state index in [0.29, 0.717) is 16.8 Å². The first-order valence-electron chi connectivity index (χ1n) is 10.8. The van der Waals surface area contributed by atoms with Crippen molar-refractivity contribution in [2.45, 2.75) is 13.0 Å². The fraction of sp³-hybridized carbons (Fsp3) is 0.280. The Hall–Kier alpha value is -3.09. The third kappa shape index (κ3) is 4.29. The molecule has 5 rings (SSSR count). The van der Waals surface area contributed by atoms with Crippen molar-refractivity contribution >= 4 is 28.1 Å². The van der Waals surface area contributed by atoms with Gasteiger partial charge in [-0.3, -0.25) is 0 Å². The van der Waals surface area contributed by atoms with Gasteiger partial charge in [-0.15, -0.1) is 10.2 Å². The second-order valence-electron chi connectivity index (χ2n) is 8.16. The number of benzene rings is 3. The summed E-state index contributed by atoms with van der Waals surface area (Å²) in [7, 11) is 2.17. The standard InChI is InChI=1S/C25H25ClN4O2/c1-17(24-27-28-25(32-24)19-6-9-20(26)10-7-19)31-21-11-8-18-4-3-5-23(22(18)16-21)30-14-12-29(2)13-15-30/h3-11,16-17H,12-15H2,1-2H3. The molecule has 0 saturated carbocycles. The number of nitrogens with zero attached hydrogens (tertiary/aromatic N) is 4. The van der Waals surface area contributed by atoms with E-state index >= 15 is 0 Å². The lowest BCUT2D eigenvalue weighted by atomic mass is 10.1. The number of ether oxygens (including phenoxy) is 1. The van der Waals surface area contributed by atoms with Crippen molar-refractivity contribution in [1.82, 2.24) is 15.1 Å². The fourth-order valence-electron chi connectivity index (χ4n) is 3.99. The molecule has 1 atom stereocenters. The van der Waals surface area contributed by atoms with Crippen molar-refractivity contribution in [3.05, 3.63) is 71.6 Å². The van der Waals surface area contributed by atoms with Crippen LogP contribution in [0, 0.1) is 0 Å². The minimum Gasteiger partial charge on any atom is -0.481 e. The summed E-state index contributed by atoms with van der Waals surface area (Å²) in [6, 6.07) is 20.0. The van der Waals surface area contributed by atoms with Gasteiger partial charge in [0.2, 0.25) is 5.89 Å². The van der Waals surface area contributed by atoms with Gasteiger partial charge in [0.15, 0.2) is 6.10 Å². The van der Waals surface area contributed by atoms with Crippen LogP contribution in [0.15, 0.2) is 65.1 Å². The zero-order valence-electron chi connectivity index (χ0n) is 18.2. The molecule has 0 bridgehead atoms. The summed E-state index contributed by atoms with van der Waals surface area (Å²) < 4.78 is 12.0. The maximum atomic E-state index is 6.19. The summed E-state index contributed by atoms with van der Waals surface area (Å²) in [6.07, 6.45) is -0.378. The molecule has 7 heteroatoms. The molecule has 6 nitrogen and oxygen atoms in total. The average Bonchev–Trinajstić information content (AvgIpc) is 3.30. The first kappa shape index (κ1) is 20.8. The van der Waals surface area contributed by atoms with Crippen molar-refractivity contribution < 1.29 is 9.15 Å². The van der Waals surface area contributed by atoms with Gasteiger partial charge in [-0.25, -0.2) is 0 Å². The average molecular weight is 449 g/mol. The Kier molecular flexibility index (Phi) is 5.72. The van der Waals surface area contributed by atoms with Gasteiger partial charge >= 0.3 is 0 Å². The summed E-state index contributed by atoms with van der Waals surface area (Å²) in [6.45, 7) is 6.09. The summed E-state index contributed by atoms with van der Waals surface area (Å²) in [4.78, 5) is 4.81. The predicted octanol–water partition coefficient (Wildman–Crippen LogP) is 5.44. The van der Waals surface area contributed by atoms with Gasteiger partial charge in [0.25, 0.3) is 5.89 Å². The molecule has 2 heterocycles. The highest BCUT2D eigenvalue weighted by atomic mass is 35.5. The number of rotatable bonds is 5. The van der Waals surface area contributed by atoms with Gasteiger partial charge in [0, 0.05) is 47.8 Å². The normalized spacial score (nSPS) is 15.8. The SMILES string of the molecule is CC(Oc1ccc2cccc(N3CCN(C)CC3)c2c1)c1nnc(-c2ccc(Cl)cc2)o1. The number of aromatic nitrogens is 2. The Labute approximate surface area is 192 Å². The van der Waals surface area contributed by atoms with Crippen LogP contribution in [-0.4, -0.2) is 48.3 Å². The lowest BCUT2D eigenvalue weighted by molar-refractivity contribution is 0.190. The molecule has 1 aliphatic heterocycles. The number of anilines is 1. The molecule has 164 valence electrons. The second-order valence-corrected chi connectivity index (χ2v) is 8.60. The van der Waals surface area contributed by atoms with Crippen LogP contribution in [0.5, 0.6) is 5.75 Å². The van der Waals surface area contributed by atoms with Gasteiger partial charge in [0.05, 0.1) is 0 Å². The molecule has 4 aromatic rings.